The Bertz CT molecular complexity index is 682. The van der Waals surface area contributed by atoms with E-state index in [2.05, 4.69) is 15.3 Å². The van der Waals surface area contributed by atoms with Gasteiger partial charge in [0.15, 0.2) is 22.5 Å². The van der Waals surface area contributed by atoms with Crippen LogP contribution in [-0.4, -0.2) is 34.5 Å². The van der Waals surface area contributed by atoms with Crippen LogP contribution in [0.15, 0.2) is 0 Å². The molecule has 0 saturated heterocycles. The Morgan fingerprint density at radius 2 is 1.60 bits per heavy atom. The smallest absolute Gasteiger partial charge is 0.335 e. The summed E-state index contributed by atoms with van der Waals surface area (Å²) in [4.78, 5) is 42.4. The summed E-state index contributed by atoms with van der Waals surface area (Å²) >= 11 is 5.89. The van der Waals surface area contributed by atoms with E-state index in [1.54, 1.807) is 0 Å². The SMILES string of the molecule is CC(C)CCNC(=O)c1nc(Cl)c(N(N)C(N)=O)nc1N(N)C(N)=O. The van der Waals surface area contributed by atoms with Gasteiger partial charge in [0.05, 0.1) is 0 Å². The predicted molar refractivity (Wildman–Crippen MR) is 91.3 cm³/mol. The standard InChI is InChI=1S/C12H20ClN9O3/c1-5(2)3-4-18-10(23)6-8(21(16)11(14)24)20-9(7(13)19-6)22(17)12(15)25/h5H,3-4,16-17H2,1-2H3,(H2,14,24)(H2,15,25)(H,18,23). The highest BCUT2D eigenvalue weighted by Crippen LogP contribution is 2.25. The number of amides is 5. The number of nitrogens with two attached hydrogens (primary N) is 4. The molecule has 0 unspecified atom stereocenters. The van der Waals surface area contributed by atoms with E-state index in [1.807, 2.05) is 13.8 Å². The van der Waals surface area contributed by atoms with E-state index in [4.69, 9.17) is 34.8 Å². The minimum atomic E-state index is -1.12. The second-order valence-corrected chi connectivity index (χ2v) is 5.72. The van der Waals surface area contributed by atoms with Crippen LogP contribution in [0.4, 0.5) is 21.2 Å². The van der Waals surface area contributed by atoms with Gasteiger partial charge in [-0.15, -0.1) is 0 Å². The quantitative estimate of drug-likeness (QED) is 0.249. The van der Waals surface area contributed by atoms with Gasteiger partial charge in [0, 0.05) is 6.54 Å². The fourth-order valence-corrected chi connectivity index (χ4v) is 1.86. The summed E-state index contributed by atoms with van der Waals surface area (Å²) in [5, 5.41) is 2.96. The second kappa shape index (κ2) is 8.41. The highest BCUT2D eigenvalue weighted by atomic mass is 35.5. The first kappa shape index (κ1) is 20.3. The fourth-order valence-electron chi connectivity index (χ4n) is 1.64. The van der Waals surface area contributed by atoms with Crippen molar-refractivity contribution in [1.29, 1.82) is 0 Å². The third kappa shape index (κ3) is 5.14. The zero-order chi connectivity index (χ0) is 19.3. The molecule has 0 fully saturated rings. The number of primary amides is 2. The van der Waals surface area contributed by atoms with Crippen LogP contribution in [0.2, 0.25) is 5.15 Å². The van der Waals surface area contributed by atoms with Gasteiger partial charge in [0.25, 0.3) is 5.91 Å². The molecule has 0 atom stereocenters. The van der Waals surface area contributed by atoms with Gasteiger partial charge in [-0.3, -0.25) is 4.79 Å². The van der Waals surface area contributed by atoms with Crippen LogP contribution in [0.3, 0.4) is 0 Å². The lowest BCUT2D eigenvalue weighted by atomic mass is 10.1. The maximum Gasteiger partial charge on any atom is 0.335 e. The molecule has 0 spiro atoms. The highest BCUT2D eigenvalue weighted by Gasteiger charge is 2.26. The molecule has 138 valence electrons. The van der Waals surface area contributed by atoms with Gasteiger partial charge in [-0.05, 0) is 12.3 Å². The van der Waals surface area contributed by atoms with E-state index in [1.165, 1.54) is 0 Å². The zero-order valence-electron chi connectivity index (χ0n) is 13.7. The van der Waals surface area contributed by atoms with Crippen LogP contribution in [0.5, 0.6) is 0 Å². The van der Waals surface area contributed by atoms with E-state index >= 15 is 0 Å². The van der Waals surface area contributed by atoms with Crippen molar-refractivity contribution >= 4 is 41.2 Å². The average molecular weight is 374 g/mol. The molecule has 0 aliphatic rings. The molecule has 1 aromatic rings. The van der Waals surface area contributed by atoms with Crippen molar-refractivity contribution in [2.75, 3.05) is 16.6 Å². The number of rotatable bonds is 6. The summed E-state index contributed by atoms with van der Waals surface area (Å²) in [6.45, 7) is 4.32. The molecule has 1 rings (SSSR count). The van der Waals surface area contributed by atoms with Crippen LogP contribution in [0.1, 0.15) is 30.8 Å². The Balaban J connectivity index is 3.31. The summed E-state index contributed by atoms with van der Waals surface area (Å²) in [5.74, 6) is 9.76. The largest absolute Gasteiger partial charge is 0.351 e. The lowest BCUT2D eigenvalue weighted by molar-refractivity contribution is 0.0947. The first-order valence-corrected chi connectivity index (χ1v) is 7.48. The van der Waals surface area contributed by atoms with Crippen LogP contribution < -0.4 is 38.5 Å². The molecule has 0 radical (unpaired) electrons. The summed E-state index contributed by atoms with van der Waals surface area (Å²) in [6, 6.07) is -2.22. The molecule has 0 saturated carbocycles. The summed E-state index contributed by atoms with van der Waals surface area (Å²) in [6.07, 6.45) is 0.709. The number of anilines is 2. The number of nitrogens with one attached hydrogen (secondary N) is 1. The Hall–Kier alpha value is -2.70. The summed E-state index contributed by atoms with van der Waals surface area (Å²) < 4.78 is 0. The van der Waals surface area contributed by atoms with Crippen molar-refractivity contribution in [3.8, 4) is 0 Å². The van der Waals surface area contributed by atoms with Gasteiger partial charge in [-0.2, -0.15) is 0 Å². The number of carbonyl (C=O) groups is 3. The number of urea groups is 2. The minimum Gasteiger partial charge on any atom is -0.351 e. The fraction of sp³-hybridized carbons (Fsp3) is 0.417. The first-order chi connectivity index (χ1) is 11.6. The molecular weight excluding hydrogens is 354 g/mol. The zero-order valence-corrected chi connectivity index (χ0v) is 14.4. The first-order valence-electron chi connectivity index (χ1n) is 7.10. The van der Waals surface area contributed by atoms with Crippen LogP contribution in [0.25, 0.3) is 0 Å². The van der Waals surface area contributed by atoms with Crippen LogP contribution >= 0.6 is 11.6 Å². The molecule has 0 aromatic carbocycles. The van der Waals surface area contributed by atoms with E-state index in [-0.39, 0.29) is 5.69 Å². The highest BCUT2D eigenvalue weighted by molar-refractivity contribution is 6.32. The lowest BCUT2D eigenvalue weighted by Gasteiger charge is -2.20. The van der Waals surface area contributed by atoms with Crippen molar-refractivity contribution in [2.45, 2.75) is 20.3 Å². The predicted octanol–water partition coefficient (Wildman–Crippen LogP) is -0.576. The molecule has 0 aliphatic heterocycles. The number of aromatic nitrogens is 2. The lowest BCUT2D eigenvalue weighted by Crippen LogP contribution is -2.46. The van der Waals surface area contributed by atoms with Gasteiger partial charge in [0.2, 0.25) is 0 Å². The monoisotopic (exact) mass is 373 g/mol. The Morgan fingerprint density at radius 1 is 1.08 bits per heavy atom. The van der Waals surface area contributed by atoms with Gasteiger partial charge in [-0.1, -0.05) is 25.4 Å². The molecular formula is C12H20ClN9O3. The van der Waals surface area contributed by atoms with Crippen molar-refractivity contribution in [3.05, 3.63) is 10.8 Å². The van der Waals surface area contributed by atoms with Crippen molar-refractivity contribution in [3.63, 3.8) is 0 Å². The number of hydrazine groups is 2. The van der Waals surface area contributed by atoms with E-state index in [0.717, 1.165) is 0 Å². The second-order valence-electron chi connectivity index (χ2n) is 5.37. The molecule has 9 N–H and O–H groups in total. The third-order valence-electron chi connectivity index (χ3n) is 2.97. The molecule has 25 heavy (non-hydrogen) atoms. The Morgan fingerprint density at radius 3 is 2.08 bits per heavy atom. The molecule has 5 amide bonds. The average Bonchev–Trinajstić information content (AvgIpc) is 2.52. The number of nitrogens with zero attached hydrogens (tertiary/aromatic N) is 4. The van der Waals surface area contributed by atoms with Gasteiger partial charge < -0.3 is 16.8 Å². The topological polar surface area (TPSA) is 200 Å². The number of halogens is 1. The van der Waals surface area contributed by atoms with Crippen molar-refractivity contribution in [1.82, 2.24) is 15.3 Å². The molecule has 1 aromatic heterocycles. The summed E-state index contributed by atoms with van der Waals surface area (Å²) in [5.41, 5.74) is 9.76. The Kier molecular flexibility index (Phi) is 6.85. The summed E-state index contributed by atoms with van der Waals surface area (Å²) in [7, 11) is 0. The van der Waals surface area contributed by atoms with Crippen molar-refractivity contribution in [2.24, 2.45) is 29.1 Å². The maximum absolute atomic E-state index is 12.3. The number of hydrogen-bond acceptors (Lipinski definition) is 7. The molecule has 12 nitrogen and oxygen atoms in total. The molecule has 0 aliphatic carbocycles. The Labute approximate surface area is 148 Å². The van der Waals surface area contributed by atoms with Crippen LogP contribution in [-0.2, 0) is 0 Å². The maximum atomic E-state index is 12.3. The van der Waals surface area contributed by atoms with E-state index in [9.17, 15) is 14.4 Å². The number of carbonyl (C=O) groups excluding carboxylic acids is 3. The van der Waals surface area contributed by atoms with E-state index < -0.39 is 34.8 Å². The van der Waals surface area contributed by atoms with Crippen molar-refractivity contribution < 1.29 is 14.4 Å². The van der Waals surface area contributed by atoms with Gasteiger partial charge >= 0.3 is 12.1 Å². The van der Waals surface area contributed by atoms with Gasteiger partial charge in [-0.25, -0.2) is 41.3 Å². The number of hydrogen-bond donors (Lipinski definition) is 5. The molecule has 13 heteroatoms. The molecule has 1 heterocycles. The van der Waals surface area contributed by atoms with Gasteiger partial charge in [0.1, 0.15) is 0 Å². The van der Waals surface area contributed by atoms with E-state index in [0.29, 0.717) is 28.9 Å². The third-order valence-corrected chi connectivity index (χ3v) is 3.23. The molecule has 0 bridgehead atoms. The van der Waals surface area contributed by atoms with Crippen LogP contribution in [0, 0.1) is 5.92 Å². The minimum absolute atomic E-state index is 0.350. The normalized spacial score (nSPS) is 10.5.